The van der Waals surface area contributed by atoms with E-state index in [1.807, 2.05) is 13.8 Å². The van der Waals surface area contributed by atoms with Gasteiger partial charge >= 0.3 is 17.1 Å². The van der Waals surface area contributed by atoms with Crippen LogP contribution in [0.5, 0.6) is 0 Å². The first-order valence-electron chi connectivity index (χ1n) is 9.78. The second-order valence-corrected chi connectivity index (χ2v) is 13.4. The zero-order valence-electron chi connectivity index (χ0n) is 17.9. The highest BCUT2D eigenvalue weighted by Crippen LogP contribution is 2.29. The summed E-state index contributed by atoms with van der Waals surface area (Å²) < 4.78 is 22.0. The fourth-order valence-electron chi connectivity index (χ4n) is 3.30. The molecule has 0 heterocycles. The summed E-state index contributed by atoms with van der Waals surface area (Å²) in [6.45, 7) is 9.11. The molecule has 0 N–H and O–H groups in total. The molecule has 0 fully saturated rings. The molecule has 0 aliphatic rings. The molecule has 0 amide bonds. The summed E-state index contributed by atoms with van der Waals surface area (Å²) in [5, 5.41) is 0. The molecule has 0 bridgehead atoms. The van der Waals surface area contributed by atoms with E-state index in [9.17, 15) is 19.2 Å². The molecule has 0 unspecified atom stereocenters. The van der Waals surface area contributed by atoms with Crippen molar-refractivity contribution in [2.24, 2.45) is 0 Å². The molecule has 162 valence electrons. The van der Waals surface area contributed by atoms with Crippen LogP contribution in [0.3, 0.4) is 0 Å². The quantitative estimate of drug-likeness (QED) is 0.319. The van der Waals surface area contributed by atoms with E-state index in [4.69, 9.17) is 17.7 Å². The maximum Gasteiger partial charge on any atom is 0.464 e. The lowest BCUT2D eigenvalue weighted by Crippen LogP contribution is -2.46. The molecule has 0 saturated carbocycles. The Morgan fingerprint density at radius 2 is 0.786 bits per heavy atom. The number of rotatable bonds is 13. The number of carbonyl (C=O) groups is 4. The molecule has 8 nitrogen and oxygen atoms in total. The van der Waals surface area contributed by atoms with E-state index in [1.54, 1.807) is 0 Å². The summed E-state index contributed by atoms with van der Waals surface area (Å²) in [6.07, 6.45) is 2.66. The third-order valence-corrected chi connectivity index (χ3v) is 11.3. The van der Waals surface area contributed by atoms with Crippen molar-refractivity contribution < 1.29 is 36.9 Å². The van der Waals surface area contributed by atoms with Gasteiger partial charge in [0.25, 0.3) is 23.9 Å². The van der Waals surface area contributed by atoms with Gasteiger partial charge in [-0.2, -0.15) is 0 Å². The van der Waals surface area contributed by atoms with Crippen molar-refractivity contribution in [1.82, 2.24) is 0 Å². The van der Waals surface area contributed by atoms with E-state index in [0.29, 0.717) is 37.0 Å². The summed E-state index contributed by atoms with van der Waals surface area (Å²) >= 11 is 0. The van der Waals surface area contributed by atoms with Crippen LogP contribution >= 0.6 is 0 Å². The fourth-order valence-corrected chi connectivity index (χ4v) is 9.89. The first kappa shape index (κ1) is 26.3. The molecule has 0 atom stereocenters. The van der Waals surface area contributed by atoms with Gasteiger partial charge in [0.1, 0.15) is 0 Å². The Kier molecular flexibility index (Phi) is 11.9. The maximum atomic E-state index is 11.5. The summed E-state index contributed by atoms with van der Waals surface area (Å²) in [7, 11) is -6.00. The van der Waals surface area contributed by atoms with Gasteiger partial charge in [0, 0.05) is 51.9 Å². The Balaban J connectivity index is 5.19. The molecule has 0 saturated heterocycles. The summed E-state index contributed by atoms with van der Waals surface area (Å²) in [4.78, 5) is 46.2. The molecule has 0 aliphatic carbocycles. The monoisotopic (exact) mass is 434 g/mol. The van der Waals surface area contributed by atoms with Crippen LogP contribution in [0, 0.1) is 0 Å². The summed E-state index contributed by atoms with van der Waals surface area (Å²) in [6, 6.07) is 1.96. The normalized spacial score (nSPS) is 11.5. The van der Waals surface area contributed by atoms with Crippen molar-refractivity contribution in [2.75, 3.05) is 0 Å². The van der Waals surface area contributed by atoms with Crippen LogP contribution in [0.25, 0.3) is 0 Å². The average molecular weight is 435 g/mol. The fraction of sp³-hybridized carbons (Fsp3) is 0.778. The predicted octanol–water partition coefficient (Wildman–Crippen LogP) is 3.72. The number of carbonyl (C=O) groups excluding carboxylic acids is 4. The smallest absolute Gasteiger partial charge is 0.464 e. The molecule has 0 aromatic carbocycles. The van der Waals surface area contributed by atoms with Gasteiger partial charge in [-0.25, -0.2) is 0 Å². The van der Waals surface area contributed by atoms with Gasteiger partial charge in [-0.15, -0.1) is 0 Å². The Hall–Kier alpha value is -1.69. The minimum atomic E-state index is -3.00. The zero-order chi connectivity index (χ0) is 21.8. The highest BCUT2D eigenvalue weighted by Gasteiger charge is 2.45. The van der Waals surface area contributed by atoms with Crippen molar-refractivity contribution in [3.63, 3.8) is 0 Å². The summed E-state index contributed by atoms with van der Waals surface area (Å²) in [5.41, 5.74) is 0. The van der Waals surface area contributed by atoms with Gasteiger partial charge in [0.05, 0.1) is 0 Å². The Labute approximate surface area is 169 Å². The van der Waals surface area contributed by atoms with Crippen LogP contribution < -0.4 is 0 Å². The minimum Gasteiger partial charge on any atom is -0.485 e. The highest BCUT2D eigenvalue weighted by atomic mass is 28.4. The van der Waals surface area contributed by atoms with Crippen LogP contribution in [-0.2, 0) is 36.9 Å². The van der Waals surface area contributed by atoms with Crippen LogP contribution in [0.15, 0.2) is 0 Å². The number of hydrogen-bond acceptors (Lipinski definition) is 8. The third-order valence-electron chi connectivity index (χ3n) is 3.95. The van der Waals surface area contributed by atoms with Gasteiger partial charge in [-0.1, -0.05) is 26.7 Å². The molecular formula is C18H34O8Si2. The molecule has 0 spiro atoms. The van der Waals surface area contributed by atoms with Crippen molar-refractivity contribution >= 4 is 41.0 Å². The van der Waals surface area contributed by atoms with Gasteiger partial charge < -0.3 is 17.7 Å². The molecule has 10 heteroatoms. The summed E-state index contributed by atoms with van der Waals surface area (Å²) in [5.74, 6) is -1.85. The Morgan fingerprint density at radius 1 is 0.536 bits per heavy atom. The molecule has 0 rings (SSSR count). The lowest BCUT2D eigenvalue weighted by atomic mass is 10.4. The van der Waals surface area contributed by atoms with Crippen molar-refractivity contribution in [2.45, 2.75) is 91.4 Å². The van der Waals surface area contributed by atoms with E-state index in [2.05, 4.69) is 0 Å². The Bertz CT molecular complexity index is 470. The van der Waals surface area contributed by atoms with E-state index in [-0.39, 0.29) is 0 Å². The largest absolute Gasteiger partial charge is 0.485 e. The predicted molar refractivity (Wildman–Crippen MR) is 108 cm³/mol. The highest BCUT2D eigenvalue weighted by molar-refractivity contribution is 6.71. The molecule has 28 heavy (non-hydrogen) atoms. The zero-order valence-corrected chi connectivity index (χ0v) is 19.9. The maximum absolute atomic E-state index is 11.5. The molecule has 0 aromatic heterocycles. The van der Waals surface area contributed by atoms with Gasteiger partial charge in [0.2, 0.25) is 0 Å². The van der Waals surface area contributed by atoms with Crippen molar-refractivity contribution in [3.05, 3.63) is 0 Å². The SMILES string of the molecule is CCC[Si](CCCC[Si](CCC)(OC(C)=O)OC(C)=O)(OC(C)=O)OC(C)=O. The van der Waals surface area contributed by atoms with Crippen molar-refractivity contribution in [1.29, 1.82) is 0 Å². The number of unbranched alkanes of at least 4 members (excludes halogenated alkanes) is 1. The van der Waals surface area contributed by atoms with Gasteiger partial charge in [-0.05, 0) is 12.8 Å². The van der Waals surface area contributed by atoms with E-state index >= 15 is 0 Å². The second-order valence-electron chi connectivity index (χ2n) is 6.90. The molecule has 0 aliphatic heterocycles. The van der Waals surface area contributed by atoms with E-state index in [1.165, 1.54) is 27.7 Å². The lowest BCUT2D eigenvalue weighted by molar-refractivity contribution is -0.141. The first-order valence-corrected chi connectivity index (χ1v) is 14.2. The molecule has 0 aromatic rings. The third kappa shape index (κ3) is 10.6. The molecular weight excluding hydrogens is 400 g/mol. The van der Waals surface area contributed by atoms with Crippen LogP contribution in [0.2, 0.25) is 24.2 Å². The van der Waals surface area contributed by atoms with E-state index in [0.717, 1.165) is 12.8 Å². The topological polar surface area (TPSA) is 105 Å². The first-order chi connectivity index (χ1) is 13.0. The number of hydrogen-bond donors (Lipinski definition) is 0. The van der Waals surface area contributed by atoms with Crippen LogP contribution in [0.1, 0.15) is 67.2 Å². The molecule has 0 radical (unpaired) electrons. The van der Waals surface area contributed by atoms with Gasteiger partial charge in [0.15, 0.2) is 0 Å². The standard InChI is InChI=1S/C18H34O8Si2/c1-7-11-27(23-15(3)19,24-16(4)20)13-9-10-14-28(12-8-2,25-17(5)21)26-18(6)22/h7-14H2,1-6H3. The second kappa shape index (κ2) is 12.7. The average Bonchev–Trinajstić information content (AvgIpc) is 2.49. The Morgan fingerprint density at radius 3 is 0.964 bits per heavy atom. The lowest BCUT2D eigenvalue weighted by Gasteiger charge is -2.30. The van der Waals surface area contributed by atoms with Crippen molar-refractivity contribution in [3.8, 4) is 0 Å². The van der Waals surface area contributed by atoms with Gasteiger partial charge in [-0.3, -0.25) is 19.2 Å². The van der Waals surface area contributed by atoms with Crippen LogP contribution in [0.4, 0.5) is 0 Å². The minimum absolute atomic E-state index is 0.455. The van der Waals surface area contributed by atoms with Crippen LogP contribution in [-0.4, -0.2) is 41.0 Å². The van der Waals surface area contributed by atoms with E-state index < -0.39 is 41.0 Å².